The normalized spacial score (nSPS) is 26.9. The van der Waals surface area contributed by atoms with Crippen LogP contribution in [-0.4, -0.2) is 35.3 Å². The Morgan fingerprint density at radius 3 is 2.76 bits per heavy atom. The summed E-state index contributed by atoms with van der Waals surface area (Å²) in [4.78, 5) is 13.7. The highest BCUT2D eigenvalue weighted by molar-refractivity contribution is 5.90. The van der Waals surface area contributed by atoms with Gasteiger partial charge in [-0.15, -0.1) is 0 Å². The number of likely N-dealkylation sites (tertiary alicyclic amines) is 1. The van der Waals surface area contributed by atoms with Crippen molar-refractivity contribution in [3.8, 4) is 0 Å². The molecule has 1 aliphatic heterocycles. The summed E-state index contributed by atoms with van der Waals surface area (Å²) >= 11 is 0. The van der Waals surface area contributed by atoms with E-state index >= 15 is 0 Å². The number of amides is 1. The van der Waals surface area contributed by atoms with Gasteiger partial charge in [-0.2, -0.15) is 5.10 Å². The highest BCUT2D eigenvalue weighted by atomic mass is 16.2. The molecule has 3 rings (SSSR count). The molecule has 2 N–H and O–H groups in total. The van der Waals surface area contributed by atoms with Gasteiger partial charge in [0.15, 0.2) is 6.54 Å². The van der Waals surface area contributed by atoms with E-state index in [1.165, 1.54) is 43.4 Å². The van der Waals surface area contributed by atoms with E-state index in [1.54, 1.807) is 6.20 Å². The molecule has 2 fully saturated rings. The molecule has 1 amide bonds. The molecule has 2 heterocycles. The topological polar surface area (TPSA) is 51.4 Å². The fraction of sp³-hybridized carbons (Fsp3) is 0.750. The minimum Gasteiger partial charge on any atom is -0.327 e. The summed E-state index contributed by atoms with van der Waals surface area (Å²) in [5, 5.41) is 7.47. The molecule has 0 bridgehead atoms. The van der Waals surface area contributed by atoms with Gasteiger partial charge in [-0.05, 0) is 31.6 Å². The number of hydrogen-bond donors (Lipinski definition) is 2. The fourth-order valence-corrected chi connectivity index (χ4v) is 3.61. The van der Waals surface area contributed by atoms with Gasteiger partial charge in [-0.1, -0.05) is 19.8 Å². The van der Waals surface area contributed by atoms with Gasteiger partial charge in [0, 0.05) is 6.07 Å². The van der Waals surface area contributed by atoms with Crippen LogP contribution in [0.5, 0.6) is 0 Å². The van der Waals surface area contributed by atoms with E-state index in [0.717, 1.165) is 24.8 Å². The lowest BCUT2D eigenvalue weighted by Gasteiger charge is -2.26. The number of nitrogens with one attached hydrogen (secondary N) is 2. The molecule has 0 atom stereocenters. The highest BCUT2D eigenvalue weighted by Crippen LogP contribution is 2.31. The molecule has 5 heteroatoms. The molecule has 5 nitrogen and oxygen atoms in total. The van der Waals surface area contributed by atoms with E-state index in [9.17, 15) is 4.79 Å². The lowest BCUT2D eigenvalue weighted by Crippen LogP contribution is -3.14. The third-order valence-corrected chi connectivity index (χ3v) is 5.00. The number of quaternary nitrogens is 1. The summed E-state index contributed by atoms with van der Waals surface area (Å²) in [6.45, 7) is 5.13. The largest absolute Gasteiger partial charge is 0.327 e. The van der Waals surface area contributed by atoms with Crippen molar-refractivity contribution in [1.29, 1.82) is 0 Å². The smallest absolute Gasteiger partial charge is 0.280 e. The first kappa shape index (κ1) is 14.6. The molecule has 0 aromatic carbocycles. The average Bonchev–Trinajstić information content (AvgIpc) is 3.11. The number of piperidine rings is 1. The number of nitrogens with zero attached hydrogens (tertiary/aromatic N) is 2. The molecule has 0 spiro atoms. The minimum absolute atomic E-state index is 0.124. The first-order valence-electron chi connectivity index (χ1n) is 8.39. The van der Waals surface area contributed by atoms with E-state index in [4.69, 9.17) is 0 Å². The van der Waals surface area contributed by atoms with Crippen molar-refractivity contribution in [2.75, 3.05) is 25.0 Å². The van der Waals surface area contributed by atoms with Crippen LogP contribution in [0, 0.1) is 5.92 Å². The van der Waals surface area contributed by atoms with E-state index < -0.39 is 0 Å². The van der Waals surface area contributed by atoms with Gasteiger partial charge in [0.2, 0.25) is 0 Å². The van der Waals surface area contributed by atoms with Crippen LogP contribution >= 0.6 is 0 Å². The number of hydrogen-bond acceptors (Lipinski definition) is 2. The van der Waals surface area contributed by atoms with Gasteiger partial charge in [-0.25, -0.2) is 4.68 Å². The first-order valence-corrected chi connectivity index (χ1v) is 8.39. The summed E-state index contributed by atoms with van der Waals surface area (Å²) in [7, 11) is 0. The second kappa shape index (κ2) is 6.60. The molecule has 21 heavy (non-hydrogen) atoms. The molecule has 1 saturated carbocycles. The van der Waals surface area contributed by atoms with Crippen LogP contribution < -0.4 is 10.2 Å². The fourth-order valence-electron chi connectivity index (χ4n) is 3.61. The lowest BCUT2D eigenvalue weighted by atomic mass is 9.99. The van der Waals surface area contributed by atoms with Gasteiger partial charge in [0.1, 0.15) is 5.82 Å². The molecule has 0 unspecified atom stereocenters. The van der Waals surface area contributed by atoms with E-state index in [2.05, 4.69) is 17.3 Å². The van der Waals surface area contributed by atoms with Crippen molar-refractivity contribution in [3.05, 3.63) is 12.3 Å². The standard InChI is InChI=1S/C16H26N4O/c1-13-7-10-19(11-8-13)12-16(21)18-15-6-9-17-20(15)14-4-2-3-5-14/h6,9,13-14H,2-5,7-8,10-12H2,1H3,(H,18,21)/p+1. The van der Waals surface area contributed by atoms with Crippen LogP contribution in [0.4, 0.5) is 5.82 Å². The van der Waals surface area contributed by atoms with Crippen molar-refractivity contribution in [2.24, 2.45) is 5.92 Å². The number of carbonyl (C=O) groups is 1. The molecule has 0 radical (unpaired) electrons. The van der Waals surface area contributed by atoms with E-state index in [-0.39, 0.29) is 5.91 Å². The quantitative estimate of drug-likeness (QED) is 0.877. The molecule has 1 aromatic heterocycles. The first-order chi connectivity index (χ1) is 10.2. The third-order valence-electron chi connectivity index (χ3n) is 5.00. The van der Waals surface area contributed by atoms with Crippen molar-refractivity contribution in [2.45, 2.75) is 51.5 Å². The molecule has 1 saturated heterocycles. The Labute approximate surface area is 126 Å². The second-order valence-electron chi connectivity index (χ2n) is 6.76. The number of carbonyl (C=O) groups excluding carboxylic acids is 1. The van der Waals surface area contributed by atoms with Crippen molar-refractivity contribution >= 4 is 11.7 Å². The SMILES string of the molecule is CC1CC[NH+](CC(=O)Nc2ccnn2C2CCCC2)CC1. The zero-order chi connectivity index (χ0) is 14.7. The molecule has 1 aliphatic carbocycles. The van der Waals surface area contributed by atoms with Crippen molar-refractivity contribution < 1.29 is 9.69 Å². The van der Waals surface area contributed by atoms with Gasteiger partial charge >= 0.3 is 0 Å². The monoisotopic (exact) mass is 291 g/mol. The number of rotatable bonds is 4. The van der Waals surface area contributed by atoms with Crippen LogP contribution in [0.3, 0.4) is 0 Å². The molecule has 2 aliphatic rings. The third kappa shape index (κ3) is 3.64. The Bertz CT molecular complexity index is 470. The minimum atomic E-state index is 0.124. The maximum atomic E-state index is 12.3. The Kier molecular flexibility index (Phi) is 4.58. The summed E-state index contributed by atoms with van der Waals surface area (Å²) in [5.74, 6) is 1.82. The van der Waals surface area contributed by atoms with Gasteiger partial charge in [-0.3, -0.25) is 4.79 Å². The highest BCUT2D eigenvalue weighted by Gasteiger charge is 2.23. The van der Waals surface area contributed by atoms with E-state index in [0.29, 0.717) is 12.6 Å². The maximum absolute atomic E-state index is 12.3. The van der Waals surface area contributed by atoms with Crippen LogP contribution in [0.25, 0.3) is 0 Å². The predicted molar refractivity (Wildman–Crippen MR) is 82.3 cm³/mol. The summed E-state index contributed by atoms with van der Waals surface area (Å²) in [6.07, 6.45) is 9.18. The van der Waals surface area contributed by atoms with Gasteiger partial charge in [0.05, 0.1) is 25.3 Å². The molecular weight excluding hydrogens is 264 g/mol. The number of aromatic nitrogens is 2. The molecule has 1 aromatic rings. The Hall–Kier alpha value is -1.36. The van der Waals surface area contributed by atoms with Crippen molar-refractivity contribution in [3.63, 3.8) is 0 Å². The van der Waals surface area contributed by atoms with E-state index in [1.807, 2.05) is 10.7 Å². The summed E-state index contributed by atoms with van der Waals surface area (Å²) in [5.41, 5.74) is 0. The summed E-state index contributed by atoms with van der Waals surface area (Å²) in [6, 6.07) is 2.39. The van der Waals surface area contributed by atoms with Crippen molar-refractivity contribution in [1.82, 2.24) is 9.78 Å². The van der Waals surface area contributed by atoms with Crippen LogP contribution in [0.15, 0.2) is 12.3 Å². The van der Waals surface area contributed by atoms with Gasteiger partial charge in [0.25, 0.3) is 5.91 Å². The molecule has 116 valence electrons. The Morgan fingerprint density at radius 1 is 1.33 bits per heavy atom. The predicted octanol–water partition coefficient (Wildman–Crippen LogP) is 1.25. The van der Waals surface area contributed by atoms with Crippen LogP contribution in [-0.2, 0) is 4.79 Å². The lowest BCUT2D eigenvalue weighted by molar-refractivity contribution is -0.897. The van der Waals surface area contributed by atoms with Gasteiger partial charge < -0.3 is 10.2 Å². The maximum Gasteiger partial charge on any atom is 0.280 e. The molecular formula is C16H27N4O+. The second-order valence-corrected chi connectivity index (χ2v) is 6.76. The van der Waals surface area contributed by atoms with Crippen LogP contribution in [0.2, 0.25) is 0 Å². The Morgan fingerprint density at radius 2 is 2.05 bits per heavy atom. The zero-order valence-corrected chi connectivity index (χ0v) is 13.0. The average molecular weight is 291 g/mol. The van der Waals surface area contributed by atoms with Crippen LogP contribution in [0.1, 0.15) is 51.5 Å². The zero-order valence-electron chi connectivity index (χ0n) is 13.0. The Balaban J connectivity index is 1.54. The number of anilines is 1. The summed E-state index contributed by atoms with van der Waals surface area (Å²) < 4.78 is 2.01.